The quantitative estimate of drug-likeness (QED) is 0.270. The molecule has 12 heavy (non-hydrogen) atoms. The van der Waals surface area contributed by atoms with Crippen molar-refractivity contribution in [2.45, 2.75) is 12.7 Å². The van der Waals surface area contributed by atoms with Gasteiger partial charge in [-0.2, -0.15) is 0 Å². The van der Waals surface area contributed by atoms with Gasteiger partial charge in [-0.25, -0.2) is 4.79 Å². The first-order valence-electron chi connectivity index (χ1n) is 3.31. The Morgan fingerprint density at radius 2 is 2.25 bits per heavy atom. The normalized spacial score (nSPS) is 14.6. The number of hydrogen-bond acceptors (Lipinski definition) is 4. The van der Waals surface area contributed by atoms with Crippen molar-refractivity contribution in [2.75, 3.05) is 6.61 Å². The Hall–Kier alpha value is -1.13. The molecule has 0 aliphatic carbocycles. The average molecular weight is 172 g/mol. The van der Waals surface area contributed by atoms with Gasteiger partial charge in [-0.15, -0.1) is 0 Å². The van der Waals surface area contributed by atoms with Gasteiger partial charge in [0, 0.05) is 5.57 Å². The van der Waals surface area contributed by atoms with E-state index in [-0.39, 0.29) is 5.57 Å². The Labute approximate surface area is 70.8 Å². The highest BCUT2D eigenvalue weighted by atomic mass is 16.7. The lowest BCUT2D eigenvalue weighted by molar-refractivity contribution is -0.196. The van der Waals surface area contributed by atoms with Crippen molar-refractivity contribution in [1.29, 1.82) is 0 Å². The number of carbonyl (C=O) groups excluding carboxylic acids is 1. The highest BCUT2D eigenvalue weighted by molar-refractivity contribution is 5.87. The van der Waals surface area contributed by atoms with Gasteiger partial charge in [-0.05, 0) is 13.0 Å². The second-order valence-electron chi connectivity index (χ2n) is 2.38. The molecule has 1 unspecified atom stereocenters. The number of esters is 1. The minimum Gasteiger partial charge on any atom is -0.424 e. The van der Waals surface area contributed by atoms with Crippen LogP contribution in [0, 0.1) is 0 Å². The highest BCUT2D eigenvalue weighted by Crippen LogP contribution is 2.09. The molecular weight excluding hydrogens is 160 g/mol. The van der Waals surface area contributed by atoms with E-state index in [1.165, 1.54) is 6.92 Å². The minimum absolute atomic E-state index is 0.142. The molecule has 1 atom stereocenters. The van der Waals surface area contributed by atoms with Gasteiger partial charge >= 0.3 is 5.97 Å². The van der Waals surface area contributed by atoms with Crippen molar-refractivity contribution >= 4 is 5.97 Å². The summed E-state index contributed by atoms with van der Waals surface area (Å²) >= 11 is 0. The van der Waals surface area contributed by atoms with E-state index in [9.17, 15) is 9.90 Å². The maximum atomic E-state index is 10.8. The molecule has 0 aromatic carbocycles. The van der Waals surface area contributed by atoms with Crippen molar-refractivity contribution < 1.29 is 19.7 Å². The summed E-state index contributed by atoms with van der Waals surface area (Å²) < 4.78 is 4.45. The molecule has 0 aromatic heterocycles. The molecule has 0 fully saturated rings. The van der Waals surface area contributed by atoms with Gasteiger partial charge in [-0.1, -0.05) is 13.2 Å². The smallest absolute Gasteiger partial charge is 0.335 e. The number of rotatable bonds is 4. The first-order valence-corrected chi connectivity index (χ1v) is 3.31. The predicted molar refractivity (Wildman–Crippen MR) is 43.1 cm³/mol. The van der Waals surface area contributed by atoms with Gasteiger partial charge in [0.05, 0.1) is 0 Å². The topological polar surface area (TPSA) is 66.8 Å². The highest BCUT2D eigenvalue weighted by Gasteiger charge is 2.26. The molecule has 0 spiro atoms. The molecule has 0 saturated heterocycles. The lowest BCUT2D eigenvalue weighted by Crippen LogP contribution is -2.36. The standard InChI is InChI=1S/C8H12O4/c1-4-8(11,5-9)12-7(10)6(2)3/h4,9,11H,1-2,5H2,3H3. The molecule has 4 heteroatoms. The Kier molecular flexibility index (Phi) is 3.66. The monoisotopic (exact) mass is 172 g/mol. The van der Waals surface area contributed by atoms with E-state index in [0.29, 0.717) is 0 Å². The Morgan fingerprint density at radius 3 is 2.50 bits per heavy atom. The van der Waals surface area contributed by atoms with E-state index in [4.69, 9.17) is 5.11 Å². The SMILES string of the molecule is C=CC(O)(CO)OC(=O)C(=C)C. The van der Waals surface area contributed by atoms with E-state index in [2.05, 4.69) is 17.9 Å². The zero-order valence-electron chi connectivity index (χ0n) is 6.91. The maximum Gasteiger partial charge on any atom is 0.335 e. The summed E-state index contributed by atoms with van der Waals surface area (Å²) in [7, 11) is 0. The van der Waals surface area contributed by atoms with Crippen molar-refractivity contribution in [3.63, 3.8) is 0 Å². The lowest BCUT2D eigenvalue weighted by atomic mass is 10.3. The third kappa shape index (κ3) is 2.86. The summed E-state index contributed by atoms with van der Waals surface area (Å²) in [5.41, 5.74) is 0.142. The van der Waals surface area contributed by atoms with Gasteiger partial charge in [0.2, 0.25) is 0 Å². The van der Waals surface area contributed by atoms with Crippen LogP contribution in [0.2, 0.25) is 0 Å². The second-order valence-corrected chi connectivity index (χ2v) is 2.38. The third-order valence-corrected chi connectivity index (χ3v) is 1.16. The van der Waals surface area contributed by atoms with Crippen LogP contribution in [0.15, 0.2) is 24.8 Å². The van der Waals surface area contributed by atoms with Gasteiger partial charge in [0.1, 0.15) is 6.61 Å². The van der Waals surface area contributed by atoms with Crippen LogP contribution in [0.4, 0.5) is 0 Å². The van der Waals surface area contributed by atoms with Crippen molar-refractivity contribution in [3.05, 3.63) is 24.8 Å². The molecule has 0 heterocycles. The maximum absolute atomic E-state index is 10.8. The summed E-state index contributed by atoms with van der Waals surface area (Å²) in [6.07, 6.45) is 0.938. The van der Waals surface area contributed by atoms with E-state index in [0.717, 1.165) is 6.08 Å². The Bertz CT molecular complexity index is 209. The summed E-state index contributed by atoms with van der Waals surface area (Å²) in [5.74, 6) is -2.78. The molecule has 68 valence electrons. The number of carbonyl (C=O) groups is 1. The zero-order chi connectivity index (χ0) is 9.78. The average Bonchev–Trinajstić information content (AvgIpc) is 2.04. The fourth-order valence-electron chi connectivity index (χ4n) is 0.386. The Morgan fingerprint density at radius 1 is 1.75 bits per heavy atom. The molecule has 0 bridgehead atoms. The van der Waals surface area contributed by atoms with Crippen LogP contribution in [0.25, 0.3) is 0 Å². The molecule has 0 aliphatic rings. The molecule has 4 nitrogen and oxygen atoms in total. The Balaban J connectivity index is 4.31. The van der Waals surface area contributed by atoms with Crippen LogP contribution in [0.3, 0.4) is 0 Å². The fourth-order valence-corrected chi connectivity index (χ4v) is 0.386. The summed E-state index contributed by atoms with van der Waals surface area (Å²) in [5, 5.41) is 17.8. The first-order chi connectivity index (χ1) is 5.45. The van der Waals surface area contributed by atoms with E-state index in [1.807, 2.05) is 0 Å². The van der Waals surface area contributed by atoms with E-state index < -0.39 is 18.4 Å². The number of aliphatic hydroxyl groups excluding tert-OH is 1. The summed E-state index contributed by atoms with van der Waals surface area (Å²) in [4.78, 5) is 10.8. The van der Waals surface area contributed by atoms with E-state index >= 15 is 0 Å². The number of aliphatic hydroxyl groups is 2. The molecular formula is C8H12O4. The molecule has 0 rings (SSSR count). The van der Waals surface area contributed by atoms with Crippen molar-refractivity contribution in [1.82, 2.24) is 0 Å². The minimum atomic E-state index is -2.00. The van der Waals surface area contributed by atoms with E-state index in [1.54, 1.807) is 0 Å². The largest absolute Gasteiger partial charge is 0.424 e. The molecule has 0 aliphatic heterocycles. The van der Waals surface area contributed by atoms with Gasteiger partial charge in [0.25, 0.3) is 5.79 Å². The predicted octanol–water partition coefficient (Wildman–Crippen LogP) is -0.0274. The molecule has 2 N–H and O–H groups in total. The van der Waals surface area contributed by atoms with Crippen molar-refractivity contribution in [2.24, 2.45) is 0 Å². The van der Waals surface area contributed by atoms with Crippen LogP contribution in [-0.2, 0) is 9.53 Å². The van der Waals surface area contributed by atoms with Crippen LogP contribution in [0.5, 0.6) is 0 Å². The molecule has 0 radical (unpaired) electrons. The zero-order valence-corrected chi connectivity index (χ0v) is 6.91. The lowest BCUT2D eigenvalue weighted by Gasteiger charge is -2.21. The number of hydrogen-bond donors (Lipinski definition) is 2. The van der Waals surface area contributed by atoms with Crippen LogP contribution in [0.1, 0.15) is 6.92 Å². The van der Waals surface area contributed by atoms with Gasteiger partial charge in [-0.3, -0.25) is 0 Å². The second kappa shape index (κ2) is 4.04. The molecule has 0 aromatic rings. The van der Waals surface area contributed by atoms with Gasteiger partial charge < -0.3 is 14.9 Å². The van der Waals surface area contributed by atoms with Crippen LogP contribution < -0.4 is 0 Å². The summed E-state index contributed by atoms with van der Waals surface area (Å²) in [6, 6.07) is 0. The van der Waals surface area contributed by atoms with Crippen LogP contribution >= 0.6 is 0 Å². The number of ether oxygens (including phenoxy) is 1. The first kappa shape index (κ1) is 10.9. The van der Waals surface area contributed by atoms with Crippen LogP contribution in [-0.4, -0.2) is 28.6 Å². The third-order valence-electron chi connectivity index (χ3n) is 1.16. The van der Waals surface area contributed by atoms with Crippen molar-refractivity contribution in [3.8, 4) is 0 Å². The molecule has 0 saturated carbocycles. The van der Waals surface area contributed by atoms with Gasteiger partial charge in [0.15, 0.2) is 0 Å². The fraction of sp³-hybridized carbons (Fsp3) is 0.375. The molecule has 0 amide bonds. The summed E-state index contributed by atoms with van der Waals surface area (Å²) in [6.45, 7) is 7.21.